The van der Waals surface area contributed by atoms with E-state index in [1.165, 1.54) is 35.6 Å². The van der Waals surface area contributed by atoms with Crippen molar-refractivity contribution in [1.82, 2.24) is 4.98 Å². The van der Waals surface area contributed by atoms with Crippen molar-refractivity contribution >= 4 is 32.2 Å². The molecule has 0 fully saturated rings. The van der Waals surface area contributed by atoms with Gasteiger partial charge in [-0.25, -0.2) is 13.4 Å². The van der Waals surface area contributed by atoms with Crippen LogP contribution in [-0.2, 0) is 22.7 Å². The molecule has 23 heavy (non-hydrogen) atoms. The zero-order chi connectivity index (χ0) is 16.6. The molecule has 0 saturated carbocycles. The van der Waals surface area contributed by atoms with Gasteiger partial charge in [-0.05, 0) is 43.5 Å². The fraction of sp³-hybridized carbons (Fsp3) is 0.333. The third-order valence-corrected chi connectivity index (χ3v) is 5.91. The minimum Gasteiger partial charge on any atom is -0.327 e. The number of nitrogens with two attached hydrogens (primary N) is 1. The first-order valence-corrected chi connectivity index (χ1v) is 9.89. The summed E-state index contributed by atoms with van der Waals surface area (Å²) in [4.78, 5) is 18.0. The van der Waals surface area contributed by atoms with E-state index in [2.05, 4.69) is 10.3 Å². The van der Waals surface area contributed by atoms with E-state index < -0.39 is 9.84 Å². The largest absolute Gasteiger partial charge is 0.327 e. The van der Waals surface area contributed by atoms with Gasteiger partial charge in [0.2, 0.25) is 0 Å². The third-order valence-electron chi connectivity index (χ3n) is 3.74. The lowest BCUT2D eigenvalue weighted by Crippen LogP contribution is -2.27. The van der Waals surface area contributed by atoms with Crippen LogP contribution in [0.5, 0.6) is 0 Å². The van der Waals surface area contributed by atoms with Gasteiger partial charge in [-0.15, -0.1) is 11.3 Å². The fourth-order valence-corrected chi connectivity index (χ4v) is 4.20. The summed E-state index contributed by atoms with van der Waals surface area (Å²) >= 11 is 1.45. The average Bonchev–Trinajstić information content (AvgIpc) is 2.87. The molecule has 1 amide bonds. The van der Waals surface area contributed by atoms with Crippen LogP contribution in [-0.4, -0.2) is 31.6 Å². The summed E-state index contributed by atoms with van der Waals surface area (Å²) in [5, 5.41) is 3.32. The molecule has 0 radical (unpaired) electrons. The van der Waals surface area contributed by atoms with Crippen molar-refractivity contribution in [2.45, 2.75) is 30.2 Å². The number of nitrogens with one attached hydrogen (secondary N) is 1. The predicted octanol–water partition coefficient (Wildman–Crippen LogP) is 1.61. The molecule has 8 heteroatoms. The van der Waals surface area contributed by atoms with E-state index in [0.29, 0.717) is 10.7 Å². The topological polar surface area (TPSA) is 102 Å². The van der Waals surface area contributed by atoms with E-state index in [9.17, 15) is 13.2 Å². The molecule has 1 aliphatic rings. The number of aromatic nitrogens is 1. The number of hydrogen-bond donors (Lipinski definition) is 2. The Bertz CT molecular complexity index is 841. The maximum absolute atomic E-state index is 12.2. The van der Waals surface area contributed by atoms with Crippen LogP contribution in [0.1, 0.15) is 27.3 Å². The van der Waals surface area contributed by atoms with Crippen LogP contribution in [0.25, 0.3) is 0 Å². The Morgan fingerprint density at radius 1 is 1.35 bits per heavy atom. The first kappa shape index (κ1) is 16.1. The van der Waals surface area contributed by atoms with Gasteiger partial charge in [0, 0.05) is 22.7 Å². The highest BCUT2D eigenvalue weighted by molar-refractivity contribution is 7.90. The number of hydrogen-bond acceptors (Lipinski definition) is 6. The highest BCUT2D eigenvalue weighted by Gasteiger charge is 2.21. The molecular formula is C15H17N3O3S2. The number of aryl methyl sites for hydroxylation is 1. The van der Waals surface area contributed by atoms with Crippen molar-refractivity contribution in [3.8, 4) is 0 Å². The van der Waals surface area contributed by atoms with Gasteiger partial charge in [-0.1, -0.05) is 0 Å². The molecule has 2 aromatic rings. The van der Waals surface area contributed by atoms with Crippen molar-refractivity contribution in [3.05, 3.63) is 40.4 Å². The number of thiazole rings is 1. The first-order valence-electron chi connectivity index (χ1n) is 7.18. The quantitative estimate of drug-likeness (QED) is 0.875. The Labute approximate surface area is 138 Å². The van der Waals surface area contributed by atoms with E-state index in [-0.39, 0.29) is 16.8 Å². The lowest BCUT2D eigenvalue weighted by Gasteiger charge is -2.15. The van der Waals surface area contributed by atoms with Gasteiger partial charge >= 0.3 is 0 Å². The van der Waals surface area contributed by atoms with Crippen LogP contribution < -0.4 is 11.1 Å². The SMILES string of the molecule is CS(=O)(=O)c1ccc(C(=O)Nc2nc3c(s2)C[C@@H](N)CC3)cc1. The maximum Gasteiger partial charge on any atom is 0.257 e. The number of carbonyl (C=O) groups is 1. The number of carbonyl (C=O) groups excluding carboxylic acids is 1. The van der Waals surface area contributed by atoms with E-state index in [1.807, 2.05) is 0 Å². The van der Waals surface area contributed by atoms with E-state index in [4.69, 9.17) is 5.73 Å². The molecule has 3 N–H and O–H groups in total. The zero-order valence-corrected chi connectivity index (χ0v) is 14.2. The molecule has 0 bridgehead atoms. The summed E-state index contributed by atoms with van der Waals surface area (Å²) < 4.78 is 22.8. The molecule has 3 rings (SSSR count). The molecule has 6 nitrogen and oxygen atoms in total. The summed E-state index contributed by atoms with van der Waals surface area (Å²) in [7, 11) is -3.27. The minimum absolute atomic E-state index is 0.162. The number of benzene rings is 1. The van der Waals surface area contributed by atoms with Crippen LogP contribution in [0, 0.1) is 0 Å². The molecule has 1 aromatic carbocycles. The Morgan fingerprint density at radius 3 is 2.70 bits per heavy atom. The van der Waals surface area contributed by atoms with Crippen molar-refractivity contribution < 1.29 is 13.2 Å². The summed E-state index contributed by atoms with van der Waals surface area (Å²) in [6.45, 7) is 0. The molecular weight excluding hydrogens is 334 g/mol. The van der Waals surface area contributed by atoms with Crippen molar-refractivity contribution in [3.63, 3.8) is 0 Å². The van der Waals surface area contributed by atoms with E-state index >= 15 is 0 Å². The summed E-state index contributed by atoms with van der Waals surface area (Å²) in [6.07, 6.45) is 3.68. The number of sulfone groups is 1. The molecule has 1 heterocycles. The molecule has 1 atom stereocenters. The summed E-state index contributed by atoms with van der Waals surface area (Å²) in [5.74, 6) is -0.305. The normalized spacial score (nSPS) is 17.6. The Balaban J connectivity index is 1.74. The smallest absolute Gasteiger partial charge is 0.257 e. The van der Waals surface area contributed by atoms with E-state index in [1.54, 1.807) is 0 Å². The number of anilines is 1. The first-order chi connectivity index (χ1) is 10.8. The second kappa shape index (κ2) is 6.03. The predicted molar refractivity (Wildman–Crippen MR) is 89.6 cm³/mol. The van der Waals surface area contributed by atoms with Crippen LogP contribution in [0.3, 0.4) is 0 Å². The van der Waals surface area contributed by atoms with Gasteiger partial charge in [0.1, 0.15) is 0 Å². The minimum atomic E-state index is -3.27. The van der Waals surface area contributed by atoms with Gasteiger partial charge in [0.25, 0.3) is 5.91 Å². The van der Waals surface area contributed by atoms with Crippen LogP contribution in [0.2, 0.25) is 0 Å². The Kier molecular flexibility index (Phi) is 4.22. The Morgan fingerprint density at radius 2 is 2.04 bits per heavy atom. The van der Waals surface area contributed by atoms with Crippen molar-refractivity contribution in [2.24, 2.45) is 5.73 Å². The van der Waals surface area contributed by atoms with Gasteiger partial charge in [-0.3, -0.25) is 10.1 Å². The van der Waals surface area contributed by atoms with Crippen molar-refractivity contribution in [1.29, 1.82) is 0 Å². The zero-order valence-electron chi connectivity index (χ0n) is 12.6. The lowest BCUT2D eigenvalue weighted by atomic mass is 9.99. The third kappa shape index (κ3) is 3.60. The second-order valence-corrected chi connectivity index (χ2v) is 8.74. The highest BCUT2D eigenvalue weighted by atomic mass is 32.2. The van der Waals surface area contributed by atoms with Gasteiger partial charge in [0.05, 0.1) is 10.6 Å². The highest BCUT2D eigenvalue weighted by Crippen LogP contribution is 2.29. The molecule has 1 aliphatic carbocycles. The van der Waals surface area contributed by atoms with Crippen molar-refractivity contribution in [2.75, 3.05) is 11.6 Å². The second-order valence-electron chi connectivity index (χ2n) is 5.64. The molecule has 122 valence electrons. The van der Waals surface area contributed by atoms with Gasteiger partial charge in [0.15, 0.2) is 15.0 Å². The molecule has 1 aromatic heterocycles. The van der Waals surface area contributed by atoms with Gasteiger partial charge in [-0.2, -0.15) is 0 Å². The fourth-order valence-electron chi connectivity index (χ4n) is 2.48. The average molecular weight is 351 g/mol. The van der Waals surface area contributed by atoms with E-state index in [0.717, 1.165) is 36.1 Å². The maximum atomic E-state index is 12.2. The van der Waals surface area contributed by atoms with Crippen LogP contribution in [0.4, 0.5) is 5.13 Å². The standard InChI is InChI=1S/C15H17N3O3S2/c1-23(20,21)11-5-2-9(3-6-11)14(19)18-15-17-12-7-4-10(16)8-13(12)22-15/h2-3,5-6,10H,4,7-8,16H2,1H3,(H,17,18,19)/t10-/m0/s1. The molecule has 0 saturated heterocycles. The van der Waals surface area contributed by atoms with Gasteiger partial charge < -0.3 is 5.73 Å². The summed E-state index contributed by atoms with van der Waals surface area (Å²) in [6, 6.07) is 6.01. The number of rotatable bonds is 3. The van der Waals surface area contributed by atoms with Crippen LogP contribution >= 0.6 is 11.3 Å². The monoisotopic (exact) mass is 351 g/mol. The number of fused-ring (bicyclic) bond motifs is 1. The molecule has 0 aliphatic heterocycles. The molecule has 0 unspecified atom stereocenters. The number of amides is 1. The van der Waals surface area contributed by atoms with Crippen LogP contribution in [0.15, 0.2) is 29.2 Å². The number of nitrogens with zero attached hydrogens (tertiary/aromatic N) is 1. The lowest BCUT2D eigenvalue weighted by molar-refractivity contribution is 0.102. The Hall–Kier alpha value is -1.77. The molecule has 0 spiro atoms. The summed E-state index contributed by atoms with van der Waals surface area (Å²) in [5.41, 5.74) is 7.35.